The van der Waals surface area contributed by atoms with Crippen molar-refractivity contribution in [3.05, 3.63) is 71.8 Å². The zero-order valence-corrected chi connectivity index (χ0v) is 10.7. The fraction of sp³-hybridized carbons (Fsp3) is 0.294. The molecule has 19 heavy (non-hydrogen) atoms. The maximum atomic E-state index is 10.6. The highest BCUT2D eigenvalue weighted by molar-refractivity contribution is 5.28. The van der Waals surface area contributed by atoms with Crippen LogP contribution in [0, 0.1) is 5.41 Å². The first kappa shape index (κ1) is 12.4. The van der Waals surface area contributed by atoms with Crippen molar-refractivity contribution in [1.29, 1.82) is 0 Å². The fourth-order valence-corrected chi connectivity index (χ4v) is 2.78. The normalized spacial score (nSPS) is 19.7. The molecule has 2 nitrogen and oxygen atoms in total. The van der Waals surface area contributed by atoms with Crippen molar-refractivity contribution < 1.29 is 10.2 Å². The van der Waals surface area contributed by atoms with Gasteiger partial charge in [-0.25, -0.2) is 0 Å². The van der Waals surface area contributed by atoms with Crippen LogP contribution in [0.1, 0.15) is 36.2 Å². The van der Waals surface area contributed by atoms with Crippen LogP contribution >= 0.6 is 0 Å². The Bertz CT molecular complexity index is 484. The monoisotopic (exact) mass is 254 g/mol. The highest BCUT2D eigenvalue weighted by atomic mass is 16.3. The van der Waals surface area contributed by atoms with Crippen LogP contribution in [0.3, 0.4) is 0 Å². The number of rotatable bonds is 4. The Balaban J connectivity index is 1.88. The molecular formula is C17H18O2. The molecule has 0 bridgehead atoms. The number of benzene rings is 2. The number of aliphatic hydroxyl groups excluding tert-OH is 2. The van der Waals surface area contributed by atoms with Crippen LogP contribution in [0.5, 0.6) is 0 Å². The molecule has 1 fully saturated rings. The molecule has 1 aliphatic rings. The lowest BCUT2D eigenvalue weighted by molar-refractivity contribution is -0.00832. The van der Waals surface area contributed by atoms with Crippen molar-refractivity contribution >= 4 is 0 Å². The van der Waals surface area contributed by atoms with Gasteiger partial charge in [-0.15, -0.1) is 0 Å². The lowest BCUT2D eigenvalue weighted by Crippen LogP contribution is -2.22. The average Bonchev–Trinajstić information content (AvgIpc) is 3.29. The lowest BCUT2D eigenvalue weighted by atomic mass is 9.84. The molecule has 2 aromatic carbocycles. The molecule has 0 amide bonds. The topological polar surface area (TPSA) is 40.5 Å². The number of hydrogen-bond acceptors (Lipinski definition) is 2. The molecule has 0 aliphatic heterocycles. The Kier molecular flexibility index (Phi) is 3.13. The van der Waals surface area contributed by atoms with Crippen molar-refractivity contribution in [3.63, 3.8) is 0 Å². The summed E-state index contributed by atoms with van der Waals surface area (Å²) in [7, 11) is 0. The molecule has 0 spiro atoms. The molecule has 0 aromatic heterocycles. The Labute approximate surface area is 113 Å². The van der Waals surface area contributed by atoms with Gasteiger partial charge in [-0.05, 0) is 24.0 Å². The van der Waals surface area contributed by atoms with E-state index in [1.807, 2.05) is 60.7 Å². The van der Waals surface area contributed by atoms with Gasteiger partial charge in [0.2, 0.25) is 0 Å². The standard InChI is InChI=1S/C17H18O2/c18-15(13-7-3-1-4-8-13)17(11-12-17)16(19)14-9-5-2-6-10-14/h1-10,15-16,18-19H,11-12H2. The van der Waals surface area contributed by atoms with Gasteiger partial charge in [0.1, 0.15) is 0 Å². The fourth-order valence-electron chi connectivity index (χ4n) is 2.78. The second kappa shape index (κ2) is 4.80. The maximum absolute atomic E-state index is 10.6. The van der Waals surface area contributed by atoms with E-state index >= 15 is 0 Å². The average molecular weight is 254 g/mol. The van der Waals surface area contributed by atoms with Gasteiger partial charge in [-0.2, -0.15) is 0 Å². The van der Waals surface area contributed by atoms with Crippen molar-refractivity contribution in [3.8, 4) is 0 Å². The minimum atomic E-state index is -0.607. The van der Waals surface area contributed by atoms with Crippen LogP contribution in [0.2, 0.25) is 0 Å². The van der Waals surface area contributed by atoms with Gasteiger partial charge in [0.25, 0.3) is 0 Å². The van der Waals surface area contributed by atoms with Gasteiger partial charge in [0.15, 0.2) is 0 Å². The summed E-state index contributed by atoms with van der Waals surface area (Å²) in [5, 5.41) is 21.2. The van der Waals surface area contributed by atoms with Crippen molar-refractivity contribution in [2.45, 2.75) is 25.0 Å². The predicted molar refractivity (Wildman–Crippen MR) is 74.5 cm³/mol. The Morgan fingerprint density at radius 3 is 1.37 bits per heavy atom. The molecule has 0 radical (unpaired) electrons. The smallest absolute Gasteiger partial charge is 0.0874 e. The van der Waals surface area contributed by atoms with E-state index in [1.165, 1.54) is 0 Å². The van der Waals surface area contributed by atoms with Crippen LogP contribution in [0.25, 0.3) is 0 Å². The Morgan fingerprint density at radius 2 is 1.05 bits per heavy atom. The van der Waals surface area contributed by atoms with Gasteiger partial charge in [0.05, 0.1) is 12.2 Å². The summed E-state index contributed by atoms with van der Waals surface area (Å²) in [6.07, 6.45) is 0.505. The Morgan fingerprint density at radius 1 is 0.684 bits per heavy atom. The largest absolute Gasteiger partial charge is 0.388 e. The van der Waals surface area contributed by atoms with Crippen LogP contribution in [-0.2, 0) is 0 Å². The zero-order valence-electron chi connectivity index (χ0n) is 10.7. The molecule has 2 N–H and O–H groups in total. The molecule has 1 aliphatic carbocycles. The number of hydrogen-bond donors (Lipinski definition) is 2. The van der Waals surface area contributed by atoms with E-state index in [-0.39, 0.29) is 0 Å². The zero-order chi connectivity index (χ0) is 13.3. The molecule has 2 atom stereocenters. The second-order valence-electron chi connectivity index (χ2n) is 5.36. The number of aliphatic hydroxyl groups is 2. The highest BCUT2D eigenvalue weighted by Crippen LogP contribution is 2.62. The summed E-state index contributed by atoms with van der Waals surface area (Å²) < 4.78 is 0. The van der Waals surface area contributed by atoms with Gasteiger partial charge in [-0.3, -0.25) is 0 Å². The minimum absolute atomic E-state index is 0.414. The van der Waals surface area contributed by atoms with Crippen LogP contribution in [-0.4, -0.2) is 10.2 Å². The van der Waals surface area contributed by atoms with E-state index in [4.69, 9.17) is 0 Å². The highest BCUT2D eigenvalue weighted by Gasteiger charge is 2.55. The minimum Gasteiger partial charge on any atom is -0.388 e. The molecule has 3 rings (SSSR count). The lowest BCUT2D eigenvalue weighted by Gasteiger charge is -2.28. The van der Waals surface area contributed by atoms with E-state index in [1.54, 1.807) is 0 Å². The summed E-state index contributed by atoms with van der Waals surface area (Å²) in [5.41, 5.74) is 1.35. The molecule has 2 aromatic rings. The van der Waals surface area contributed by atoms with Crippen LogP contribution in [0.4, 0.5) is 0 Å². The first-order chi connectivity index (χ1) is 9.24. The van der Waals surface area contributed by atoms with Crippen molar-refractivity contribution in [2.75, 3.05) is 0 Å². The van der Waals surface area contributed by atoms with Gasteiger partial charge >= 0.3 is 0 Å². The first-order valence-corrected chi connectivity index (χ1v) is 6.70. The summed E-state index contributed by atoms with van der Waals surface area (Å²) in [6.45, 7) is 0. The van der Waals surface area contributed by atoms with Crippen molar-refractivity contribution in [2.24, 2.45) is 5.41 Å². The summed E-state index contributed by atoms with van der Waals surface area (Å²) in [4.78, 5) is 0. The third-order valence-electron chi connectivity index (χ3n) is 4.15. The Hall–Kier alpha value is -1.64. The van der Waals surface area contributed by atoms with Crippen LogP contribution in [0.15, 0.2) is 60.7 Å². The van der Waals surface area contributed by atoms with Gasteiger partial charge in [0, 0.05) is 5.41 Å². The third kappa shape index (κ3) is 2.18. The quantitative estimate of drug-likeness (QED) is 0.879. The molecule has 2 heteroatoms. The van der Waals surface area contributed by atoms with E-state index in [2.05, 4.69) is 0 Å². The predicted octanol–water partition coefficient (Wildman–Crippen LogP) is 3.23. The molecule has 98 valence electrons. The van der Waals surface area contributed by atoms with Crippen molar-refractivity contribution in [1.82, 2.24) is 0 Å². The van der Waals surface area contributed by atoms with E-state index in [0.717, 1.165) is 24.0 Å². The van der Waals surface area contributed by atoms with E-state index in [9.17, 15) is 10.2 Å². The molecule has 0 saturated heterocycles. The summed E-state index contributed by atoms with van der Waals surface area (Å²) in [6, 6.07) is 19.2. The molecule has 0 heterocycles. The summed E-state index contributed by atoms with van der Waals surface area (Å²) in [5.74, 6) is 0. The van der Waals surface area contributed by atoms with E-state index < -0.39 is 17.6 Å². The van der Waals surface area contributed by atoms with Gasteiger partial charge in [-0.1, -0.05) is 60.7 Å². The molecular weight excluding hydrogens is 236 g/mol. The second-order valence-corrected chi connectivity index (χ2v) is 5.36. The molecule has 1 saturated carbocycles. The van der Waals surface area contributed by atoms with Gasteiger partial charge < -0.3 is 10.2 Å². The third-order valence-corrected chi connectivity index (χ3v) is 4.15. The van der Waals surface area contributed by atoms with Crippen LogP contribution < -0.4 is 0 Å². The maximum Gasteiger partial charge on any atom is 0.0874 e. The summed E-state index contributed by atoms with van der Waals surface area (Å²) >= 11 is 0. The SMILES string of the molecule is OC(c1ccccc1)C1(C(O)c2ccccc2)CC1. The van der Waals surface area contributed by atoms with E-state index in [0.29, 0.717) is 0 Å². The molecule has 2 unspecified atom stereocenters. The first-order valence-electron chi connectivity index (χ1n) is 6.70.